The van der Waals surface area contributed by atoms with Crippen molar-refractivity contribution in [1.29, 1.82) is 0 Å². The van der Waals surface area contributed by atoms with Crippen LogP contribution in [0.1, 0.15) is 5.56 Å². The highest BCUT2D eigenvalue weighted by atomic mass is 19.4. The predicted octanol–water partition coefficient (Wildman–Crippen LogP) is 1.54. The Bertz CT molecular complexity index is 680. The molecule has 0 spiro atoms. The van der Waals surface area contributed by atoms with Gasteiger partial charge in [-0.15, -0.1) is 5.10 Å². The number of nitrogen functional groups attached to an aromatic ring is 1. The van der Waals surface area contributed by atoms with Crippen LogP contribution in [0.5, 0.6) is 5.75 Å². The van der Waals surface area contributed by atoms with Gasteiger partial charge in [0.25, 0.3) is 5.56 Å². The van der Waals surface area contributed by atoms with Crippen molar-refractivity contribution in [2.45, 2.75) is 6.18 Å². The summed E-state index contributed by atoms with van der Waals surface area (Å²) in [5.41, 5.74) is 3.52. The van der Waals surface area contributed by atoms with Crippen LogP contribution in [0.3, 0.4) is 0 Å². The van der Waals surface area contributed by atoms with Crippen LogP contribution in [0.15, 0.2) is 35.1 Å². The van der Waals surface area contributed by atoms with Crippen LogP contribution in [0.25, 0.3) is 5.69 Å². The van der Waals surface area contributed by atoms with Gasteiger partial charge in [0.05, 0.1) is 17.3 Å². The van der Waals surface area contributed by atoms with E-state index in [2.05, 4.69) is 5.10 Å². The highest BCUT2D eigenvalue weighted by molar-refractivity contribution is 5.44. The van der Waals surface area contributed by atoms with Gasteiger partial charge in [0.2, 0.25) is 0 Å². The molecule has 0 saturated heterocycles. The van der Waals surface area contributed by atoms with Crippen LogP contribution < -0.4 is 11.3 Å². The topological polar surface area (TPSA) is 81.1 Å². The molecule has 0 bridgehead atoms. The first kappa shape index (κ1) is 12.9. The molecule has 0 atom stereocenters. The number of aromatic nitrogens is 2. The van der Waals surface area contributed by atoms with Gasteiger partial charge in [0, 0.05) is 0 Å². The molecule has 19 heavy (non-hydrogen) atoms. The minimum atomic E-state index is -4.53. The average Bonchev–Trinajstić information content (AvgIpc) is 2.33. The smallest absolute Gasteiger partial charge is 0.416 e. The van der Waals surface area contributed by atoms with E-state index < -0.39 is 23.0 Å². The van der Waals surface area contributed by atoms with Gasteiger partial charge in [-0.1, -0.05) is 6.07 Å². The summed E-state index contributed by atoms with van der Waals surface area (Å²) in [5.74, 6) is -0.870. The summed E-state index contributed by atoms with van der Waals surface area (Å²) in [6.07, 6.45) is -4.53. The molecule has 8 heteroatoms. The molecule has 3 N–H and O–H groups in total. The van der Waals surface area contributed by atoms with Crippen LogP contribution in [-0.2, 0) is 6.18 Å². The van der Waals surface area contributed by atoms with Gasteiger partial charge in [-0.25, -0.2) is 0 Å². The number of halogens is 3. The Morgan fingerprint density at radius 1 is 1.26 bits per heavy atom. The van der Waals surface area contributed by atoms with Crippen molar-refractivity contribution in [3.63, 3.8) is 0 Å². The maximum absolute atomic E-state index is 12.6. The Hall–Kier alpha value is -2.51. The fourth-order valence-electron chi connectivity index (χ4n) is 1.46. The molecule has 0 aliphatic carbocycles. The van der Waals surface area contributed by atoms with Crippen molar-refractivity contribution in [2.24, 2.45) is 0 Å². The van der Waals surface area contributed by atoms with Gasteiger partial charge in [-0.2, -0.15) is 17.9 Å². The fourth-order valence-corrected chi connectivity index (χ4v) is 1.46. The van der Waals surface area contributed by atoms with Crippen molar-refractivity contribution in [2.75, 3.05) is 5.73 Å². The van der Waals surface area contributed by atoms with E-state index in [1.807, 2.05) is 0 Å². The maximum atomic E-state index is 12.6. The zero-order valence-electron chi connectivity index (χ0n) is 9.35. The largest absolute Gasteiger partial charge is 0.504 e. The van der Waals surface area contributed by atoms with Crippen molar-refractivity contribution in [3.05, 3.63) is 46.2 Å². The summed E-state index contributed by atoms with van der Waals surface area (Å²) >= 11 is 0. The van der Waals surface area contributed by atoms with E-state index >= 15 is 0 Å². The molecule has 100 valence electrons. The van der Waals surface area contributed by atoms with Crippen LogP contribution in [0.2, 0.25) is 0 Å². The predicted molar refractivity (Wildman–Crippen MR) is 60.9 cm³/mol. The average molecular weight is 271 g/mol. The molecule has 0 aliphatic heterocycles. The molecule has 0 amide bonds. The molecule has 0 fully saturated rings. The quantitative estimate of drug-likeness (QED) is 0.824. The molecule has 2 rings (SSSR count). The van der Waals surface area contributed by atoms with E-state index in [4.69, 9.17) is 5.73 Å². The number of aromatic hydroxyl groups is 1. The second-order valence-corrected chi connectivity index (χ2v) is 3.71. The standard InChI is InChI=1S/C11H8F3N3O2/c12-11(13,14)6-2-1-3-7(4-6)17-9(19)5-8(18)10(15)16-17/h1-5,18H,(H2,15,16). The van der Waals surface area contributed by atoms with Gasteiger partial charge in [-0.05, 0) is 18.2 Å². The van der Waals surface area contributed by atoms with Gasteiger partial charge >= 0.3 is 6.18 Å². The van der Waals surface area contributed by atoms with Gasteiger partial charge in [0.1, 0.15) is 0 Å². The Balaban J connectivity index is 2.60. The van der Waals surface area contributed by atoms with E-state index in [0.717, 1.165) is 24.3 Å². The van der Waals surface area contributed by atoms with E-state index in [1.54, 1.807) is 0 Å². The van der Waals surface area contributed by atoms with Crippen molar-refractivity contribution in [3.8, 4) is 11.4 Å². The third-order valence-electron chi connectivity index (χ3n) is 2.36. The number of alkyl halides is 3. The molecule has 0 radical (unpaired) electrons. The second kappa shape index (κ2) is 4.30. The summed E-state index contributed by atoms with van der Waals surface area (Å²) in [7, 11) is 0. The first-order chi connectivity index (χ1) is 8.79. The normalized spacial score (nSPS) is 11.5. The molecule has 5 nitrogen and oxygen atoms in total. The second-order valence-electron chi connectivity index (χ2n) is 3.71. The third kappa shape index (κ3) is 2.51. The van der Waals surface area contributed by atoms with Crippen molar-refractivity contribution >= 4 is 5.82 Å². The van der Waals surface area contributed by atoms with Crippen LogP contribution in [0, 0.1) is 0 Å². The highest BCUT2D eigenvalue weighted by Crippen LogP contribution is 2.30. The van der Waals surface area contributed by atoms with Gasteiger partial charge in [-0.3, -0.25) is 4.79 Å². The molecule has 0 saturated carbocycles. The van der Waals surface area contributed by atoms with Gasteiger partial charge < -0.3 is 10.8 Å². The zero-order chi connectivity index (χ0) is 14.2. The first-order valence-electron chi connectivity index (χ1n) is 5.05. The number of nitrogens with zero attached hydrogens (tertiary/aromatic N) is 2. The van der Waals surface area contributed by atoms with Crippen LogP contribution in [-0.4, -0.2) is 14.9 Å². The lowest BCUT2D eigenvalue weighted by atomic mass is 10.2. The molecule has 0 aliphatic rings. The molecule has 1 heterocycles. The number of nitrogens with two attached hydrogens (primary N) is 1. The summed E-state index contributed by atoms with van der Waals surface area (Å²) in [4.78, 5) is 11.6. The first-order valence-corrected chi connectivity index (χ1v) is 5.05. The van der Waals surface area contributed by atoms with Crippen molar-refractivity contribution in [1.82, 2.24) is 9.78 Å². The number of anilines is 1. The molecule has 1 aromatic carbocycles. The van der Waals surface area contributed by atoms with Gasteiger partial charge in [0.15, 0.2) is 11.6 Å². The van der Waals surface area contributed by atoms with Crippen molar-refractivity contribution < 1.29 is 18.3 Å². The summed E-state index contributed by atoms with van der Waals surface area (Å²) < 4.78 is 38.4. The number of rotatable bonds is 1. The van der Waals surface area contributed by atoms with Crippen LogP contribution in [0.4, 0.5) is 19.0 Å². The minimum Gasteiger partial charge on any atom is -0.504 e. The summed E-state index contributed by atoms with van der Waals surface area (Å²) in [5, 5.41) is 12.7. The summed E-state index contributed by atoms with van der Waals surface area (Å²) in [6, 6.07) is 4.85. The van der Waals surface area contributed by atoms with E-state index in [1.165, 1.54) is 6.07 Å². The Kier molecular flexibility index (Phi) is 2.93. The van der Waals surface area contributed by atoms with E-state index in [9.17, 15) is 23.1 Å². The molecule has 2 aromatic rings. The highest BCUT2D eigenvalue weighted by Gasteiger charge is 2.30. The Labute approximate surface area is 104 Å². The summed E-state index contributed by atoms with van der Waals surface area (Å²) in [6.45, 7) is 0. The molecule has 0 unspecified atom stereocenters. The lowest BCUT2D eigenvalue weighted by Crippen LogP contribution is -2.21. The molecular formula is C11H8F3N3O2. The zero-order valence-corrected chi connectivity index (χ0v) is 9.35. The van der Waals surface area contributed by atoms with E-state index in [0.29, 0.717) is 4.68 Å². The van der Waals surface area contributed by atoms with Crippen LogP contribution >= 0.6 is 0 Å². The third-order valence-corrected chi connectivity index (χ3v) is 2.36. The monoisotopic (exact) mass is 271 g/mol. The number of benzene rings is 1. The Morgan fingerprint density at radius 2 is 1.95 bits per heavy atom. The number of hydrogen-bond donors (Lipinski definition) is 2. The fraction of sp³-hybridized carbons (Fsp3) is 0.0909. The lowest BCUT2D eigenvalue weighted by Gasteiger charge is -2.10. The number of hydrogen-bond acceptors (Lipinski definition) is 4. The molecule has 1 aromatic heterocycles. The molecular weight excluding hydrogens is 263 g/mol. The lowest BCUT2D eigenvalue weighted by molar-refractivity contribution is -0.137. The SMILES string of the molecule is Nc1nn(-c2cccc(C(F)(F)F)c2)c(=O)cc1O. The minimum absolute atomic E-state index is 0.0912. The van der Waals surface area contributed by atoms with E-state index in [-0.39, 0.29) is 11.5 Å². The Morgan fingerprint density at radius 3 is 2.58 bits per heavy atom. The maximum Gasteiger partial charge on any atom is 0.416 e.